The minimum Gasteiger partial charge on any atom is -0.308 e. The van der Waals surface area contributed by atoms with Gasteiger partial charge in [-0.25, -0.2) is 0 Å². The summed E-state index contributed by atoms with van der Waals surface area (Å²) in [4.78, 5) is 9.75. The first-order chi connectivity index (χ1) is 34.3. The van der Waals surface area contributed by atoms with Crippen LogP contribution in [0.15, 0.2) is 267 Å². The van der Waals surface area contributed by atoms with Gasteiger partial charge in [0, 0.05) is 56.3 Å². The van der Waals surface area contributed by atoms with E-state index in [-0.39, 0.29) is 0 Å². The molecule has 1 aliphatic carbocycles. The van der Waals surface area contributed by atoms with Crippen molar-refractivity contribution in [2.45, 2.75) is 38.5 Å². The Hall–Kier alpha value is -8.60. The van der Waals surface area contributed by atoms with Crippen LogP contribution in [0.3, 0.4) is 0 Å². The summed E-state index contributed by atoms with van der Waals surface area (Å²) in [5, 5.41) is 0. The molecule has 70 heavy (non-hydrogen) atoms. The molecular weight excluding hydrogens is 849 g/mol. The zero-order valence-corrected chi connectivity index (χ0v) is 40.2. The van der Waals surface area contributed by atoms with Gasteiger partial charge in [0.25, 0.3) is 0 Å². The van der Waals surface area contributed by atoms with Gasteiger partial charge in [-0.3, -0.25) is 0 Å². The fourth-order valence-corrected chi connectivity index (χ4v) is 10.6. The first kappa shape index (κ1) is 43.9. The number of hydrogen-bond acceptors (Lipinski definition) is 4. The summed E-state index contributed by atoms with van der Waals surface area (Å²) < 4.78 is 0. The van der Waals surface area contributed by atoms with Crippen LogP contribution >= 0.6 is 0 Å². The molecule has 0 heterocycles. The predicted molar refractivity (Wildman–Crippen MR) is 296 cm³/mol. The Morgan fingerprint density at radius 3 is 0.457 bits per heavy atom. The van der Waals surface area contributed by atoms with E-state index in [1.54, 1.807) is 0 Å². The van der Waals surface area contributed by atoms with Crippen molar-refractivity contribution in [1.82, 2.24) is 0 Å². The topological polar surface area (TPSA) is 13.0 Å². The largest absolute Gasteiger partial charge is 0.308 e. The number of nitrogens with zero attached hydrogens (tertiary/aromatic N) is 4. The van der Waals surface area contributed by atoms with E-state index in [9.17, 15) is 0 Å². The van der Waals surface area contributed by atoms with Gasteiger partial charge in [0.15, 0.2) is 0 Å². The second-order valence-electron chi connectivity index (χ2n) is 19.0. The van der Waals surface area contributed by atoms with Crippen LogP contribution in [0.4, 0.5) is 68.2 Å². The zero-order valence-electron chi connectivity index (χ0n) is 40.2. The maximum Gasteiger partial charge on any atom is 0.0705 e. The molecule has 4 heteroatoms. The van der Waals surface area contributed by atoms with Crippen molar-refractivity contribution in [1.29, 1.82) is 0 Å². The molecule has 0 saturated carbocycles. The van der Waals surface area contributed by atoms with Crippen molar-refractivity contribution in [2.75, 3.05) is 19.6 Å². The highest BCUT2D eigenvalue weighted by molar-refractivity contribution is 5.95. The van der Waals surface area contributed by atoms with E-state index >= 15 is 0 Å². The SMILES string of the molecule is CC1(C)c2cc(N(c3ccccc3)c3ccccc3)c(N(c3ccccc3)c3ccccc3)cc2C(C)(C)c2cc(N(c3ccccc3)c3ccccc3)c(N(c3ccccc3)c3ccccc3)cc21. The molecule has 0 aromatic heterocycles. The summed E-state index contributed by atoms with van der Waals surface area (Å²) >= 11 is 0. The zero-order chi connectivity index (χ0) is 47.7. The van der Waals surface area contributed by atoms with Gasteiger partial charge in [-0.2, -0.15) is 0 Å². The molecule has 11 rings (SSSR count). The molecule has 4 nitrogen and oxygen atoms in total. The van der Waals surface area contributed by atoms with Crippen LogP contribution in [0.2, 0.25) is 0 Å². The monoisotopic (exact) mass is 904 g/mol. The summed E-state index contributed by atoms with van der Waals surface area (Å²) in [5.74, 6) is 0. The van der Waals surface area contributed by atoms with Gasteiger partial charge in [0.1, 0.15) is 0 Å². The Morgan fingerprint density at radius 2 is 0.329 bits per heavy atom. The highest BCUT2D eigenvalue weighted by atomic mass is 15.2. The van der Waals surface area contributed by atoms with Gasteiger partial charge in [0.05, 0.1) is 22.7 Å². The average molecular weight is 905 g/mol. The van der Waals surface area contributed by atoms with Crippen molar-refractivity contribution in [3.05, 3.63) is 289 Å². The van der Waals surface area contributed by atoms with Crippen molar-refractivity contribution in [3.8, 4) is 0 Å². The van der Waals surface area contributed by atoms with E-state index in [1.807, 2.05) is 0 Å². The second kappa shape index (κ2) is 18.5. The third-order valence-corrected chi connectivity index (χ3v) is 14.0. The van der Waals surface area contributed by atoms with E-state index in [1.165, 1.54) is 22.3 Å². The smallest absolute Gasteiger partial charge is 0.0705 e. The minimum atomic E-state index is -0.465. The van der Waals surface area contributed by atoms with Gasteiger partial charge < -0.3 is 19.6 Å². The van der Waals surface area contributed by atoms with Crippen LogP contribution in [-0.4, -0.2) is 0 Å². The van der Waals surface area contributed by atoms with Gasteiger partial charge in [0.2, 0.25) is 0 Å². The fraction of sp³-hybridized carbons (Fsp3) is 0.0909. The molecule has 0 radical (unpaired) electrons. The quantitative estimate of drug-likeness (QED) is 0.121. The van der Waals surface area contributed by atoms with Gasteiger partial charge in [-0.1, -0.05) is 173 Å². The van der Waals surface area contributed by atoms with E-state index in [4.69, 9.17) is 0 Å². The summed E-state index contributed by atoms with van der Waals surface area (Å²) in [6.07, 6.45) is 0. The molecule has 0 bridgehead atoms. The molecular formula is C66H56N4. The molecule has 0 N–H and O–H groups in total. The first-order valence-electron chi connectivity index (χ1n) is 24.3. The third kappa shape index (κ3) is 7.97. The molecule has 0 atom stereocenters. The van der Waals surface area contributed by atoms with Crippen molar-refractivity contribution in [3.63, 3.8) is 0 Å². The molecule has 0 fully saturated rings. The van der Waals surface area contributed by atoms with E-state index in [2.05, 4.69) is 314 Å². The van der Waals surface area contributed by atoms with Crippen LogP contribution in [0.1, 0.15) is 49.9 Å². The number of fused-ring (bicyclic) bond motifs is 2. The van der Waals surface area contributed by atoms with E-state index < -0.39 is 10.8 Å². The van der Waals surface area contributed by atoms with E-state index in [0.717, 1.165) is 68.2 Å². The molecule has 1 aliphatic rings. The number of benzene rings is 10. The van der Waals surface area contributed by atoms with Crippen LogP contribution in [0.5, 0.6) is 0 Å². The highest BCUT2D eigenvalue weighted by Crippen LogP contribution is 2.58. The van der Waals surface area contributed by atoms with Crippen LogP contribution < -0.4 is 19.6 Å². The van der Waals surface area contributed by atoms with E-state index in [0.29, 0.717) is 0 Å². The number of rotatable bonds is 12. The Kier molecular flexibility index (Phi) is 11.6. The minimum absolute atomic E-state index is 0.465. The van der Waals surface area contributed by atoms with Gasteiger partial charge in [-0.05, 0) is 144 Å². The molecule has 10 aromatic carbocycles. The summed E-state index contributed by atoms with van der Waals surface area (Å²) in [5.41, 5.74) is 17.2. The molecule has 0 aliphatic heterocycles. The Labute approximate surface area is 413 Å². The predicted octanol–water partition coefficient (Wildman–Crippen LogP) is 18.5. The number of para-hydroxylation sites is 8. The highest BCUT2D eigenvalue weighted by Gasteiger charge is 2.45. The summed E-state index contributed by atoms with van der Waals surface area (Å²) in [6, 6.07) is 96.5. The molecule has 0 amide bonds. The molecule has 340 valence electrons. The van der Waals surface area contributed by atoms with Gasteiger partial charge in [-0.15, -0.1) is 0 Å². The van der Waals surface area contributed by atoms with Crippen molar-refractivity contribution in [2.24, 2.45) is 0 Å². The third-order valence-electron chi connectivity index (χ3n) is 14.0. The summed E-state index contributed by atoms with van der Waals surface area (Å²) in [7, 11) is 0. The lowest BCUT2D eigenvalue weighted by molar-refractivity contribution is 0.521. The van der Waals surface area contributed by atoms with Crippen LogP contribution in [0, 0.1) is 0 Å². The maximum absolute atomic E-state index is 2.51. The number of anilines is 12. The lowest BCUT2D eigenvalue weighted by Gasteiger charge is -2.47. The van der Waals surface area contributed by atoms with Crippen LogP contribution in [0.25, 0.3) is 0 Å². The molecule has 0 saturated heterocycles. The fourth-order valence-electron chi connectivity index (χ4n) is 10.6. The molecule has 10 aromatic rings. The van der Waals surface area contributed by atoms with Gasteiger partial charge >= 0.3 is 0 Å². The molecule has 0 spiro atoms. The second-order valence-corrected chi connectivity index (χ2v) is 19.0. The average Bonchev–Trinajstić information content (AvgIpc) is 3.41. The lowest BCUT2D eigenvalue weighted by atomic mass is 9.59. The normalized spacial score (nSPS) is 13.1. The van der Waals surface area contributed by atoms with Crippen molar-refractivity contribution >= 4 is 68.2 Å². The Balaban J connectivity index is 1.24. The Bertz CT molecular complexity index is 2730. The first-order valence-corrected chi connectivity index (χ1v) is 24.3. The maximum atomic E-state index is 2.51. The molecule has 0 unspecified atom stereocenters. The lowest BCUT2D eigenvalue weighted by Crippen LogP contribution is -2.37. The number of hydrogen-bond donors (Lipinski definition) is 0. The van der Waals surface area contributed by atoms with Crippen LogP contribution in [-0.2, 0) is 10.8 Å². The Morgan fingerprint density at radius 1 is 0.200 bits per heavy atom. The van der Waals surface area contributed by atoms with Crippen molar-refractivity contribution < 1.29 is 0 Å². The standard InChI is InChI=1S/C66H56N4/c1-65(2)57-45-61(67(49-29-13-5-14-30-49)50-31-15-6-16-32-50)63(69(53-37-21-9-22-38-53)54-39-23-10-24-40-54)47-59(57)66(3,4)60-48-64(70(55-41-25-11-26-42-55)56-43-27-12-28-44-56)62(46-58(60)65)68(51-33-17-7-18-34-51)52-35-19-8-20-36-52/h5-48H,1-4H3. The summed E-state index contributed by atoms with van der Waals surface area (Å²) in [6.45, 7) is 9.71.